The molecule has 0 spiro atoms. The molecule has 94 valence electrons. The number of H-pyrrole nitrogens is 1. The van der Waals surface area contributed by atoms with Gasteiger partial charge in [-0.1, -0.05) is 0 Å². The molecule has 5 nitrogen and oxygen atoms in total. The van der Waals surface area contributed by atoms with Crippen molar-refractivity contribution < 1.29 is 9.18 Å². The van der Waals surface area contributed by atoms with E-state index in [4.69, 9.17) is 5.73 Å². The van der Waals surface area contributed by atoms with E-state index < -0.39 is 11.7 Å². The van der Waals surface area contributed by atoms with Crippen molar-refractivity contribution >= 4 is 33.3 Å². The fourth-order valence-corrected chi connectivity index (χ4v) is 1.88. The van der Waals surface area contributed by atoms with Crippen LogP contribution in [0.1, 0.15) is 16.1 Å². The van der Waals surface area contributed by atoms with Crippen LogP contribution in [0.4, 0.5) is 15.9 Å². The van der Waals surface area contributed by atoms with Crippen LogP contribution in [-0.4, -0.2) is 16.1 Å². The van der Waals surface area contributed by atoms with Crippen LogP contribution in [0, 0.1) is 12.7 Å². The van der Waals surface area contributed by atoms with Crippen molar-refractivity contribution in [3.8, 4) is 0 Å². The molecule has 1 heterocycles. The van der Waals surface area contributed by atoms with Crippen molar-refractivity contribution in [2.24, 2.45) is 0 Å². The lowest BCUT2D eigenvalue weighted by molar-refractivity contribution is 0.102. The zero-order chi connectivity index (χ0) is 13.3. The molecule has 0 unspecified atom stereocenters. The maximum Gasteiger partial charge on any atom is 0.273 e. The van der Waals surface area contributed by atoms with Gasteiger partial charge < -0.3 is 11.1 Å². The van der Waals surface area contributed by atoms with E-state index in [9.17, 15) is 9.18 Å². The number of aryl methyl sites for hydroxylation is 1. The van der Waals surface area contributed by atoms with E-state index >= 15 is 0 Å². The quantitative estimate of drug-likeness (QED) is 0.796. The molecule has 2 rings (SSSR count). The van der Waals surface area contributed by atoms with Gasteiger partial charge in [-0.2, -0.15) is 5.10 Å². The van der Waals surface area contributed by atoms with Gasteiger partial charge in [0.2, 0.25) is 0 Å². The van der Waals surface area contributed by atoms with Crippen molar-refractivity contribution in [2.75, 3.05) is 11.1 Å². The first-order valence-electron chi connectivity index (χ1n) is 5.05. The molecule has 0 aliphatic heterocycles. The summed E-state index contributed by atoms with van der Waals surface area (Å²) in [5.74, 6) is -0.650. The molecule has 0 atom stereocenters. The maximum absolute atomic E-state index is 13.4. The standard InChI is InChI=1S/C11H10BrFN4O/c1-5-2-6(12)7(13)3-8(5)15-11(18)9-4-10(14)17-16-9/h2-4H,1H3,(H,15,18)(H3,14,16,17). The fraction of sp³-hybridized carbons (Fsp3) is 0.0909. The summed E-state index contributed by atoms with van der Waals surface area (Å²) in [7, 11) is 0. The number of hydrogen-bond acceptors (Lipinski definition) is 3. The number of nitrogens with one attached hydrogen (secondary N) is 2. The molecule has 0 aliphatic rings. The first kappa shape index (κ1) is 12.6. The van der Waals surface area contributed by atoms with E-state index in [1.54, 1.807) is 13.0 Å². The number of nitrogens with zero attached hydrogens (tertiary/aromatic N) is 1. The van der Waals surface area contributed by atoms with Gasteiger partial charge in [0.25, 0.3) is 5.91 Å². The van der Waals surface area contributed by atoms with Gasteiger partial charge in [0, 0.05) is 11.8 Å². The highest BCUT2D eigenvalue weighted by Crippen LogP contribution is 2.24. The van der Waals surface area contributed by atoms with E-state index in [1.807, 2.05) is 0 Å². The van der Waals surface area contributed by atoms with Gasteiger partial charge in [-0.05, 0) is 40.5 Å². The van der Waals surface area contributed by atoms with E-state index in [2.05, 4.69) is 31.4 Å². The van der Waals surface area contributed by atoms with E-state index in [-0.39, 0.29) is 11.5 Å². The predicted molar refractivity (Wildman–Crippen MR) is 69.8 cm³/mol. The Morgan fingerprint density at radius 2 is 2.22 bits per heavy atom. The Labute approximate surface area is 111 Å². The van der Waals surface area contributed by atoms with Gasteiger partial charge in [-0.3, -0.25) is 9.89 Å². The van der Waals surface area contributed by atoms with Crippen molar-refractivity contribution in [1.82, 2.24) is 10.2 Å². The first-order chi connectivity index (χ1) is 8.47. The maximum atomic E-state index is 13.4. The van der Waals surface area contributed by atoms with Gasteiger partial charge in [-0.15, -0.1) is 0 Å². The fourth-order valence-electron chi connectivity index (χ4n) is 1.42. The number of carbonyl (C=O) groups is 1. The zero-order valence-electron chi connectivity index (χ0n) is 9.42. The molecule has 7 heteroatoms. The summed E-state index contributed by atoms with van der Waals surface area (Å²) in [6, 6.07) is 4.24. The smallest absolute Gasteiger partial charge is 0.273 e. The molecule has 0 bridgehead atoms. The van der Waals surface area contributed by atoms with Gasteiger partial charge in [-0.25, -0.2) is 4.39 Å². The summed E-state index contributed by atoms with van der Waals surface area (Å²) < 4.78 is 13.7. The minimum absolute atomic E-state index is 0.218. The summed E-state index contributed by atoms with van der Waals surface area (Å²) in [6.45, 7) is 1.77. The molecule has 0 saturated carbocycles. The molecule has 4 N–H and O–H groups in total. The molecule has 2 aromatic rings. The summed E-state index contributed by atoms with van der Waals surface area (Å²) in [5.41, 5.74) is 6.75. The molecule has 1 aromatic heterocycles. The molecule has 1 amide bonds. The Morgan fingerprint density at radius 3 is 2.83 bits per heavy atom. The summed E-state index contributed by atoms with van der Waals surface area (Å²) in [6.07, 6.45) is 0. The van der Waals surface area contributed by atoms with Crippen LogP contribution in [0.25, 0.3) is 0 Å². The lowest BCUT2D eigenvalue weighted by Crippen LogP contribution is -2.13. The number of anilines is 2. The third-order valence-corrected chi connectivity index (χ3v) is 2.97. The number of rotatable bonds is 2. The monoisotopic (exact) mass is 312 g/mol. The number of nitrogen functional groups attached to an aromatic ring is 1. The summed E-state index contributed by atoms with van der Waals surface area (Å²) in [4.78, 5) is 11.8. The Morgan fingerprint density at radius 1 is 1.50 bits per heavy atom. The Kier molecular flexibility index (Phi) is 3.33. The average molecular weight is 313 g/mol. The highest BCUT2D eigenvalue weighted by Gasteiger charge is 2.12. The largest absolute Gasteiger partial charge is 0.382 e. The van der Waals surface area contributed by atoms with Crippen molar-refractivity contribution in [3.05, 3.63) is 39.7 Å². The number of hydrogen-bond donors (Lipinski definition) is 3. The normalized spacial score (nSPS) is 10.4. The molecular formula is C11H10BrFN4O. The second-order valence-electron chi connectivity index (χ2n) is 3.74. The van der Waals surface area contributed by atoms with Crippen LogP contribution >= 0.6 is 15.9 Å². The molecule has 0 aliphatic carbocycles. The van der Waals surface area contributed by atoms with Gasteiger partial charge in [0.05, 0.1) is 4.47 Å². The van der Waals surface area contributed by atoms with Gasteiger partial charge in [0.15, 0.2) is 0 Å². The lowest BCUT2D eigenvalue weighted by Gasteiger charge is -2.08. The summed E-state index contributed by atoms with van der Waals surface area (Å²) in [5, 5.41) is 8.71. The summed E-state index contributed by atoms with van der Waals surface area (Å²) >= 11 is 3.07. The second-order valence-corrected chi connectivity index (χ2v) is 4.60. The number of nitrogens with two attached hydrogens (primary N) is 1. The molecule has 0 saturated heterocycles. The third-order valence-electron chi connectivity index (χ3n) is 2.36. The second kappa shape index (κ2) is 4.77. The first-order valence-corrected chi connectivity index (χ1v) is 5.84. The van der Waals surface area contributed by atoms with Gasteiger partial charge >= 0.3 is 0 Å². The molecule has 1 aromatic carbocycles. The van der Waals surface area contributed by atoms with Crippen LogP contribution in [0.15, 0.2) is 22.7 Å². The van der Waals surface area contributed by atoms with Crippen molar-refractivity contribution in [2.45, 2.75) is 6.92 Å². The topological polar surface area (TPSA) is 83.8 Å². The Bertz CT molecular complexity index is 611. The van der Waals surface area contributed by atoms with Crippen molar-refractivity contribution in [3.63, 3.8) is 0 Å². The number of benzene rings is 1. The molecule has 0 radical (unpaired) electrons. The van der Waals surface area contributed by atoms with Crippen molar-refractivity contribution in [1.29, 1.82) is 0 Å². The third kappa shape index (κ3) is 2.51. The van der Waals surface area contributed by atoms with Crippen LogP contribution < -0.4 is 11.1 Å². The minimum Gasteiger partial charge on any atom is -0.382 e. The van der Waals surface area contributed by atoms with Crippen LogP contribution in [0.2, 0.25) is 0 Å². The highest BCUT2D eigenvalue weighted by molar-refractivity contribution is 9.10. The number of halogens is 2. The number of carbonyl (C=O) groups excluding carboxylic acids is 1. The Hall–Kier alpha value is -1.89. The van der Waals surface area contributed by atoms with Crippen LogP contribution in [-0.2, 0) is 0 Å². The molecule has 0 fully saturated rings. The van der Waals surface area contributed by atoms with E-state index in [0.717, 1.165) is 5.56 Å². The van der Waals surface area contributed by atoms with Crippen LogP contribution in [0.3, 0.4) is 0 Å². The SMILES string of the molecule is Cc1cc(Br)c(F)cc1NC(=O)c1cc(N)n[nH]1. The van der Waals surface area contributed by atoms with E-state index in [0.29, 0.717) is 10.2 Å². The highest BCUT2D eigenvalue weighted by atomic mass is 79.9. The minimum atomic E-state index is -0.444. The van der Waals surface area contributed by atoms with E-state index in [1.165, 1.54) is 12.1 Å². The molecule has 18 heavy (non-hydrogen) atoms. The number of amides is 1. The average Bonchev–Trinajstić information content (AvgIpc) is 2.73. The Balaban J connectivity index is 2.24. The lowest BCUT2D eigenvalue weighted by atomic mass is 10.2. The zero-order valence-corrected chi connectivity index (χ0v) is 11.0. The predicted octanol–water partition coefficient (Wildman–Crippen LogP) is 2.45. The van der Waals surface area contributed by atoms with Crippen LogP contribution in [0.5, 0.6) is 0 Å². The van der Waals surface area contributed by atoms with Gasteiger partial charge in [0.1, 0.15) is 17.3 Å². The molecular weight excluding hydrogens is 303 g/mol. The number of aromatic nitrogens is 2. The number of aromatic amines is 1.